The van der Waals surface area contributed by atoms with Crippen LogP contribution in [0.1, 0.15) is 12.0 Å². The van der Waals surface area contributed by atoms with E-state index in [9.17, 15) is 8.78 Å². The number of rotatable bonds is 4. The molecule has 0 aliphatic rings. The van der Waals surface area contributed by atoms with Crippen LogP contribution in [0.5, 0.6) is 5.75 Å². The van der Waals surface area contributed by atoms with Crippen LogP contribution < -0.4 is 5.32 Å². The van der Waals surface area contributed by atoms with Gasteiger partial charge in [0, 0.05) is 17.7 Å². The summed E-state index contributed by atoms with van der Waals surface area (Å²) in [7, 11) is 1.80. The quantitative estimate of drug-likeness (QED) is 0.752. The number of nitrogens with one attached hydrogen (secondary N) is 1. The minimum Gasteiger partial charge on any atom is -0.508 e. The van der Waals surface area contributed by atoms with Gasteiger partial charge < -0.3 is 10.4 Å². The fraction of sp³-hybridized carbons (Fsp3) is 0.273. The Morgan fingerprint density at radius 1 is 1.33 bits per heavy atom. The van der Waals surface area contributed by atoms with Gasteiger partial charge in [-0.3, -0.25) is 0 Å². The lowest BCUT2D eigenvalue weighted by Gasteiger charge is -2.00. The predicted molar refractivity (Wildman–Crippen MR) is 55.6 cm³/mol. The SMILES string of the molecule is CNCCC=Cc1c(F)cc(O)cc1F. The number of aromatic hydroxyl groups is 1. The predicted octanol–water partition coefficient (Wildman–Crippen LogP) is 2.29. The summed E-state index contributed by atoms with van der Waals surface area (Å²) in [6, 6.07) is 1.78. The Bertz CT molecular complexity index is 341. The van der Waals surface area contributed by atoms with Crippen molar-refractivity contribution in [2.45, 2.75) is 6.42 Å². The zero-order valence-electron chi connectivity index (χ0n) is 8.43. The summed E-state index contributed by atoms with van der Waals surface area (Å²) < 4.78 is 26.3. The molecule has 0 fully saturated rings. The average Bonchev–Trinajstić information content (AvgIpc) is 2.15. The van der Waals surface area contributed by atoms with Crippen LogP contribution in [0.4, 0.5) is 8.78 Å². The van der Waals surface area contributed by atoms with Crippen LogP contribution in [-0.2, 0) is 0 Å². The molecule has 4 heteroatoms. The van der Waals surface area contributed by atoms with E-state index in [4.69, 9.17) is 5.11 Å². The molecule has 1 aromatic carbocycles. The van der Waals surface area contributed by atoms with E-state index in [-0.39, 0.29) is 5.56 Å². The first-order valence-electron chi connectivity index (χ1n) is 4.64. The molecule has 0 radical (unpaired) electrons. The van der Waals surface area contributed by atoms with E-state index in [2.05, 4.69) is 5.32 Å². The van der Waals surface area contributed by atoms with E-state index in [1.165, 1.54) is 6.08 Å². The van der Waals surface area contributed by atoms with Gasteiger partial charge in [0.2, 0.25) is 0 Å². The maximum atomic E-state index is 13.2. The standard InChI is InChI=1S/C11H13F2NO/c1-14-5-3-2-4-9-10(12)6-8(15)7-11(9)13/h2,4,6-7,14-15H,3,5H2,1H3. The van der Waals surface area contributed by atoms with Crippen molar-refractivity contribution in [2.24, 2.45) is 0 Å². The number of hydrogen-bond acceptors (Lipinski definition) is 2. The van der Waals surface area contributed by atoms with E-state index in [1.807, 2.05) is 0 Å². The van der Waals surface area contributed by atoms with E-state index in [1.54, 1.807) is 13.1 Å². The fourth-order valence-corrected chi connectivity index (χ4v) is 1.16. The van der Waals surface area contributed by atoms with Crippen LogP contribution in [0.3, 0.4) is 0 Å². The van der Waals surface area contributed by atoms with E-state index < -0.39 is 17.4 Å². The molecule has 0 amide bonds. The van der Waals surface area contributed by atoms with Gasteiger partial charge in [0.25, 0.3) is 0 Å². The summed E-state index contributed by atoms with van der Waals surface area (Å²) in [6.07, 6.45) is 3.74. The normalized spacial score (nSPS) is 11.1. The maximum Gasteiger partial charge on any atom is 0.137 e. The molecule has 0 spiro atoms. The molecule has 82 valence electrons. The molecule has 0 aliphatic heterocycles. The first kappa shape index (κ1) is 11.7. The molecule has 0 unspecified atom stereocenters. The molecule has 0 atom stereocenters. The van der Waals surface area contributed by atoms with Crippen molar-refractivity contribution < 1.29 is 13.9 Å². The van der Waals surface area contributed by atoms with Gasteiger partial charge in [-0.1, -0.05) is 12.2 Å². The largest absolute Gasteiger partial charge is 0.508 e. The molecule has 2 nitrogen and oxygen atoms in total. The first-order chi connectivity index (χ1) is 7.15. The van der Waals surface area contributed by atoms with Crippen molar-refractivity contribution in [3.05, 3.63) is 35.4 Å². The van der Waals surface area contributed by atoms with Crippen molar-refractivity contribution in [3.63, 3.8) is 0 Å². The van der Waals surface area contributed by atoms with Gasteiger partial charge in [-0.25, -0.2) is 8.78 Å². The van der Waals surface area contributed by atoms with Gasteiger partial charge >= 0.3 is 0 Å². The Morgan fingerprint density at radius 3 is 2.47 bits per heavy atom. The fourth-order valence-electron chi connectivity index (χ4n) is 1.16. The lowest BCUT2D eigenvalue weighted by molar-refractivity contribution is 0.460. The van der Waals surface area contributed by atoms with E-state index in [0.29, 0.717) is 6.42 Å². The van der Waals surface area contributed by atoms with E-state index in [0.717, 1.165) is 18.7 Å². The molecule has 15 heavy (non-hydrogen) atoms. The lowest BCUT2D eigenvalue weighted by Crippen LogP contribution is -2.05. The Morgan fingerprint density at radius 2 is 1.93 bits per heavy atom. The molecule has 1 aromatic rings. The smallest absolute Gasteiger partial charge is 0.137 e. The summed E-state index contributed by atoms with van der Waals surface area (Å²) in [5.74, 6) is -1.92. The van der Waals surface area contributed by atoms with Crippen molar-refractivity contribution in [3.8, 4) is 5.75 Å². The second kappa shape index (κ2) is 5.46. The topological polar surface area (TPSA) is 32.3 Å². The van der Waals surface area contributed by atoms with Crippen LogP contribution in [0, 0.1) is 11.6 Å². The molecule has 0 bridgehead atoms. The van der Waals surface area contributed by atoms with Crippen LogP contribution >= 0.6 is 0 Å². The highest BCUT2D eigenvalue weighted by Crippen LogP contribution is 2.20. The monoisotopic (exact) mass is 213 g/mol. The molecule has 0 aliphatic carbocycles. The average molecular weight is 213 g/mol. The number of hydrogen-bond donors (Lipinski definition) is 2. The Hall–Kier alpha value is -1.42. The highest BCUT2D eigenvalue weighted by Gasteiger charge is 2.07. The molecule has 0 saturated heterocycles. The summed E-state index contributed by atoms with van der Waals surface area (Å²) in [6.45, 7) is 0.748. The molecule has 0 aromatic heterocycles. The number of halogens is 2. The number of benzene rings is 1. The highest BCUT2D eigenvalue weighted by atomic mass is 19.1. The van der Waals surface area contributed by atoms with Gasteiger partial charge in [-0.15, -0.1) is 0 Å². The summed E-state index contributed by atoms with van der Waals surface area (Å²) in [5, 5.41) is 11.8. The van der Waals surface area contributed by atoms with Crippen LogP contribution in [0.25, 0.3) is 6.08 Å². The van der Waals surface area contributed by atoms with Crippen molar-refractivity contribution in [1.29, 1.82) is 0 Å². The molecule has 0 heterocycles. The Labute approximate surface area is 87.2 Å². The highest BCUT2D eigenvalue weighted by molar-refractivity contribution is 5.52. The van der Waals surface area contributed by atoms with Gasteiger partial charge in [0.05, 0.1) is 0 Å². The second-order valence-corrected chi connectivity index (χ2v) is 3.12. The minimum atomic E-state index is -0.756. The van der Waals surface area contributed by atoms with Gasteiger partial charge in [-0.2, -0.15) is 0 Å². The van der Waals surface area contributed by atoms with Gasteiger partial charge in [0.1, 0.15) is 17.4 Å². The Balaban J connectivity index is 2.80. The van der Waals surface area contributed by atoms with Crippen LogP contribution in [-0.4, -0.2) is 18.7 Å². The maximum absolute atomic E-state index is 13.2. The third-order valence-corrected chi connectivity index (χ3v) is 1.91. The summed E-state index contributed by atoms with van der Waals surface area (Å²) in [4.78, 5) is 0. The third-order valence-electron chi connectivity index (χ3n) is 1.91. The van der Waals surface area contributed by atoms with Gasteiger partial charge in [-0.05, 0) is 20.0 Å². The summed E-state index contributed by atoms with van der Waals surface area (Å²) >= 11 is 0. The molecular formula is C11H13F2NO. The Kier molecular flexibility index (Phi) is 4.24. The molecule has 0 saturated carbocycles. The van der Waals surface area contributed by atoms with Crippen molar-refractivity contribution >= 4 is 6.08 Å². The first-order valence-corrected chi connectivity index (χ1v) is 4.64. The van der Waals surface area contributed by atoms with Crippen LogP contribution in [0.15, 0.2) is 18.2 Å². The summed E-state index contributed by atoms with van der Waals surface area (Å²) in [5.41, 5.74) is -0.121. The van der Waals surface area contributed by atoms with Crippen LogP contribution in [0.2, 0.25) is 0 Å². The van der Waals surface area contributed by atoms with Gasteiger partial charge in [0.15, 0.2) is 0 Å². The molecule has 2 N–H and O–H groups in total. The lowest BCUT2D eigenvalue weighted by atomic mass is 10.1. The van der Waals surface area contributed by atoms with Crippen molar-refractivity contribution in [1.82, 2.24) is 5.32 Å². The second-order valence-electron chi connectivity index (χ2n) is 3.12. The molecular weight excluding hydrogens is 200 g/mol. The zero-order chi connectivity index (χ0) is 11.3. The molecule has 1 rings (SSSR count). The zero-order valence-corrected chi connectivity index (χ0v) is 8.43. The minimum absolute atomic E-state index is 0.121. The van der Waals surface area contributed by atoms with Crippen molar-refractivity contribution in [2.75, 3.05) is 13.6 Å². The van der Waals surface area contributed by atoms with E-state index >= 15 is 0 Å². The number of phenols is 1. The third kappa shape index (κ3) is 3.32. The number of phenolic OH excluding ortho intramolecular Hbond substituents is 1.